The maximum atomic E-state index is 13.3. The Balaban J connectivity index is 1.56. The summed E-state index contributed by atoms with van der Waals surface area (Å²) in [5, 5.41) is 2.92. The first-order chi connectivity index (χ1) is 15.3. The maximum absolute atomic E-state index is 13.3. The summed E-state index contributed by atoms with van der Waals surface area (Å²) in [5.41, 5.74) is 4.02. The molecule has 0 saturated carbocycles. The van der Waals surface area contributed by atoms with Crippen LogP contribution in [0.4, 0.5) is 10.1 Å². The number of para-hydroxylation sites is 1. The fourth-order valence-electron chi connectivity index (χ4n) is 4.01. The minimum atomic E-state index is -4.07. The van der Waals surface area contributed by atoms with Crippen molar-refractivity contribution in [1.82, 2.24) is 5.32 Å². The molecule has 166 valence electrons. The summed E-state index contributed by atoms with van der Waals surface area (Å²) in [6, 6.07) is 19.0. The SMILES string of the molecule is C[C@@H](NC(=O)CN(c1ccccc1)S(=O)(=O)c1ccc(F)cc1)c1ccc2c(c1)CCC2. The molecule has 0 aromatic heterocycles. The number of sulfonamides is 1. The number of nitrogens with one attached hydrogen (secondary N) is 1. The number of benzene rings is 3. The van der Waals surface area contributed by atoms with Crippen molar-refractivity contribution in [2.45, 2.75) is 37.1 Å². The number of nitrogens with zero attached hydrogens (tertiary/aromatic N) is 1. The first kappa shape index (κ1) is 22.0. The lowest BCUT2D eigenvalue weighted by atomic mass is 10.0. The first-order valence-corrected chi connectivity index (χ1v) is 12.0. The van der Waals surface area contributed by atoms with Crippen LogP contribution < -0.4 is 9.62 Å². The Hall–Kier alpha value is -3.19. The van der Waals surface area contributed by atoms with Gasteiger partial charge in [0.05, 0.1) is 16.6 Å². The molecule has 32 heavy (non-hydrogen) atoms. The number of hydrogen-bond acceptors (Lipinski definition) is 3. The summed E-state index contributed by atoms with van der Waals surface area (Å²) in [6.07, 6.45) is 3.28. The second-order valence-corrected chi connectivity index (χ2v) is 9.83. The fraction of sp³-hybridized carbons (Fsp3) is 0.240. The van der Waals surface area contributed by atoms with Crippen molar-refractivity contribution in [3.8, 4) is 0 Å². The normalized spacial score (nSPS) is 13.9. The van der Waals surface area contributed by atoms with Gasteiger partial charge in [-0.1, -0.05) is 36.4 Å². The van der Waals surface area contributed by atoms with E-state index in [-0.39, 0.29) is 17.5 Å². The standard InChI is InChI=1S/C25H25FN2O3S/c1-18(20-11-10-19-6-5-7-21(19)16-20)27-25(29)17-28(23-8-3-2-4-9-23)32(30,31)24-14-12-22(26)13-15-24/h2-4,8-16,18H,5-7,17H2,1H3,(H,27,29)/t18-/m1/s1. The zero-order valence-corrected chi connectivity index (χ0v) is 18.6. The molecule has 0 aliphatic heterocycles. The van der Waals surface area contributed by atoms with E-state index >= 15 is 0 Å². The van der Waals surface area contributed by atoms with Gasteiger partial charge < -0.3 is 5.32 Å². The van der Waals surface area contributed by atoms with Crippen LogP contribution in [0.2, 0.25) is 0 Å². The van der Waals surface area contributed by atoms with Gasteiger partial charge in [0.1, 0.15) is 12.4 Å². The topological polar surface area (TPSA) is 66.5 Å². The summed E-state index contributed by atoms with van der Waals surface area (Å²) in [4.78, 5) is 12.8. The lowest BCUT2D eigenvalue weighted by molar-refractivity contribution is -0.120. The first-order valence-electron chi connectivity index (χ1n) is 10.6. The van der Waals surface area contributed by atoms with E-state index in [2.05, 4.69) is 17.4 Å². The smallest absolute Gasteiger partial charge is 0.264 e. The van der Waals surface area contributed by atoms with Crippen LogP contribution in [0.1, 0.15) is 36.1 Å². The monoisotopic (exact) mass is 452 g/mol. The van der Waals surface area contributed by atoms with Gasteiger partial charge in [-0.15, -0.1) is 0 Å². The number of anilines is 1. The van der Waals surface area contributed by atoms with Gasteiger partial charge in [-0.3, -0.25) is 9.10 Å². The lowest BCUT2D eigenvalue weighted by Gasteiger charge is -2.25. The molecule has 0 radical (unpaired) electrons. The molecular weight excluding hydrogens is 427 g/mol. The van der Waals surface area contributed by atoms with E-state index in [1.807, 2.05) is 13.0 Å². The number of hydrogen-bond donors (Lipinski definition) is 1. The highest BCUT2D eigenvalue weighted by Crippen LogP contribution is 2.26. The third-order valence-electron chi connectivity index (χ3n) is 5.73. The molecule has 3 aromatic carbocycles. The molecule has 0 heterocycles. The van der Waals surface area contributed by atoms with E-state index in [9.17, 15) is 17.6 Å². The molecular formula is C25H25FN2O3S. The molecule has 1 aliphatic carbocycles. The Morgan fingerprint density at radius 3 is 2.41 bits per heavy atom. The van der Waals surface area contributed by atoms with Crippen molar-refractivity contribution in [1.29, 1.82) is 0 Å². The highest BCUT2D eigenvalue weighted by molar-refractivity contribution is 7.92. The minimum absolute atomic E-state index is 0.0813. The lowest BCUT2D eigenvalue weighted by Crippen LogP contribution is -2.41. The average molecular weight is 453 g/mol. The number of amides is 1. The largest absolute Gasteiger partial charge is 0.348 e. The Morgan fingerprint density at radius 2 is 1.69 bits per heavy atom. The molecule has 0 bridgehead atoms. The zero-order chi connectivity index (χ0) is 22.7. The summed E-state index contributed by atoms with van der Waals surface area (Å²) in [5.74, 6) is -0.955. The zero-order valence-electron chi connectivity index (χ0n) is 17.8. The van der Waals surface area contributed by atoms with Crippen LogP contribution in [0.3, 0.4) is 0 Å². The highest BCUT2D eigenvalue weighted by atomic mass is 32.2. The molecule has 1 atom stereocenters. The van der Waals surface area contributed by atoms with Crippen molar-refractivity contribution < 1.29 is 17.6 Å². The van der Waals surface area contributed by atoms with E-state index in [0.717, 1.165) is 41.3 Å². The van der Waals surface area contributed by atoms with Gasteiger partial charge in [0.2, 0.25) is 5.91 Å². The Labute approximate surface area is 187 Å². The predicted octanol–water partition coefficient (Wildman–Crippen LogP) is 4.39. The Kier molecular flexibility index (Phi) is 6.28. The van der Waals surface area contributed by atoms with Crippen LogP contribution in [0.15, 0.2) is 77.7 Å². The Bertz CT molecular complexity index is 1210. The molecule has 5 nitrogen and oxygen atoms in total. The third-order valence-corrected chi connectivity index (χ3v) is 7.52. The summed E-state index contributed by atoms with van der Waals surface area (Å²) < 4.78 is 40.9. The van der Waals surface area contributed by atoms with Crippen LogP contribution in [0, 0.1) is 5.82 Å². The van der Waals surface area contributed by atoms with Gasteiger partial charge in [0.25, 0.3) is 10.0 Å². The van der Waals surface area contributed by atoms with Crippen LogP contribution >= 0.6 is 0 Å². The van der Waals surface area contributed by atoms with Crippen molar-refractivity contribution >= 4 is 21.6 Å². The van der Waals surface area contributed by atoms with Gasteiger partial charge in [0, 0.05) is 0 Å². The summed E-state index contributed by atoms with van der Waals surface area (Å²) in [7, 11) is -4.07. The molecule has 7 heteroatoms. The van der Waals surface area contributed by atoms with Crippen LogP contribution in [-0.2, 0) is 27.7 Å². The molecule has 0 fully saturated rings. The van der Waals surface area contributed by atoms with Gasteiger partial charge in [-0.05, 0) is 79.3 Å². The minimum Gasteiger partial charge on any atom is -0.348 e. The number of fused-ring (bicyclic) bond motifs is 1. The Morgan fingerprint density at radius 1 is 1.00 bits per heavy atom. The maximum Gasteiger partial charge on any atom is 0.264 e. The molecule has 1 N–H and O–H groups in total. The van der Waals surface area contributed by atoms with E-state index in [1.165, 1.54) is 23.3 Å². The molecule has 0 unspecified atom stereocenters. The highest BCUT2D eigenvalue weighted by Gasteiger charge is 2.28. The summed E-state index contributed by atoms with van der Waals surface area (Å²) >= 11 is 0. The molecule has 0 spiro atoms. The number of carbonyl (C=O) groups excluding carboxylic acids is 1. The van der Waals surface area contributed by atoms with Crippen LogP contribution in [0.25, 0.3) is 0 Å². The van der Waals surface area contributed by atoms with Crippen molar-refractivity contribution in [2.24, 2.45) is 0 Å². The van der Waals surface area contributed by atoms with E-state index < -0.39 is 21.7 Å². The number of halogens is 1. The van der Waals surface area contributed by atoms with Crippen molar-refractivity contribution in [3.05, 3.63) is 95.3 Å². The van der Waals surface area contributed by atoms with Crippen LogP contribution in [0.5, 0.6) is 0 Å². The third kappa shape index (κ3) is 4.67. The van der Waals surface area contributed by atoms with Crippen LogP contribution in [-0.4, -0.2) is 20.9 Å². The fourth-order valence-corrected chi connectivity index (χ4v) is 5.43. The summed E-state index contributed by atoms with van der Waals surface area (Å²) in [6.45, 7) is 1.49. The molecule has 4 rings (SSSR count). The second kappa shape index (κ2) is 9.12. The van der Waals surface area contributed by atoms with Crippen molar-refractivity contribution in [2.75, 3.05) is 10.8 Å². The molecule has 1 aliphatic rings. The van der Waals surface area contributed by atoms with E-state index in [0.29, 0.717) is 5.69 Å². The van der Waals surface area contributed by atoms with Gasteiger partial charge >= 0.3 is 0 Å². The average Bonchev–Trinajstić information content (AvgIpc) is 3.26. The van der Waals surface area contributed by atoms with Gasteiger partial charge in [0.15, 0.2) is 0 Å². The quantitative estimate of drug-likeness (QED) is 0.578. The van der Waals surface area contributed by atoms with E-state index in [4.69, 9.17) is 0 Å². The van der Waals surface area contributed by atoms with Crippen molar-refractivity contribution in [3.63, 3.8) is 0 Å². The van der Waals surface area contributed by atoms with E-state index in [1.54, 1.807) is 30.3 Å². The molecule has 3 aromatic rings. The second-order valence-electron chi connectivity index (χ2n) is 7.97. The number of aryl methyl sites for hydroxylation is 2. The van der Waals surface area contributed by atoms with Gasteiger partial charge in [-0.25, -0.2) is 12.8 Å². The molecule has 1 amide bonds. The predicted molar refractivity (Wildman–Crippen MR) is 122 cm³/mol. The van der Waals surface area contributed by atoms with Gasteiger partial charge in [-0.2, -0.15) is 0 Å². The molecule has 0 saturated heterocycles. The number of rotatable bonds is 7. The number of carbonyl (C=O) groups is 1.